The topological polar surface area (TPSA) is 73.9 Å². The summed E-state index contributed by atoms with van der Waals surface area (Å²) in [6.45, 7) is 13.9. The average Bonchev–Trinajstić information content (AvgIpc) is 2.96. The van der Waals surface area contributed by atoms with E-state index in [1.807, 2.05) is 30.3 Å². The Morgan fingerprint density at radius 1 is 0.786 bits per heavy atom. The summed E-state index contributed by atoms with van der Waals surface area (Å²) in [5.41, 5.74) is 5.66. The van der Waals surface area contributed by atoms with E-state index in [4.69, 9.17) is 14.2 Å². The molecule has 0 atom stereocenters. The number of benzene rings is 3. The normalized spacial score (nSPS) is 11.3. The van der Waals surface area contributed by atoms with Gasteiger partial charge in [0.1, 0.15) is 12.4 Å². The van der Waals surface area contributed by atoms with Gasteiger partial charge in [-0.25, -0.2) is 0 Å². The first-order valence-electron chi connectivity index (χ1n) is 14.5. The minimum Gasteiger partial charge on any atom is -0.489 e. The van der Waals surface area contributed by atoms with E-state index < -0.39 is 17.4 Å². The Labute approximate surface area is 250 Å². The molecule has 6 nitrogen and oxygen atoms in total. The van der Waals surface area contributed by atoms with Gasteiger partial charge in [-0.2, -0.15) is 0 Å². The molecule has 0 fully saturated rings. The summed E-state index contributed by atoms with van der Waals surface area (Å²) < 4.78 is 16.4. The van der Waals surface area contributed by atoms with Crippen LogP contribution in [0.25, 0.3) is 6.08 Å². The van der Waals surface area contributed by atoms with E-state index >= 15 is 0 Å². The van der Waals surface area contributed by atoms with Crippen LogP contribution in [0, 0.1) is 19.3 Å². The molecule has 0 amide bonds. The van der Waals surface area contributed by atoms with Crippen LogP contribution in [-0.4, -0.2) is 25.2 Å². The second-order valence-electron chi connectivity index (χ2n) is 10.4. The van der Waals surface area contributed by atoms with Crippen LogP contribution in [0.1, 0.15) is 60.1 Å². The highest BCUT2D eigenvalue weighted by molar-refractivity contribution is 6.00. The molecule has 0 unspecified atom stereocenters. The monoisotopic (exact) mass is 569 g/mol. The SMILES string of the molecule is C=CCC(C/C=C/c1ccc(OCc2ccc(CNCc3cc(C)cc(C)c3)cc2)cc1)(C(=O)OCC)C(=O)OCC. The van der Waals surface area contributed by atoms with Crippen molar-refractivity contribution in [1.29, 1.82) is 0 Å². The van der Waals surface area contributed by atoms with Crippen molar-refractivity contribution in [1.82, 2.24) is 5.32 Å². The summed E-state index contributed by atoms with van der Waals surface area (Å²) in [4.78, 5) is 25.5. The third-order valence-electron chi connectivity index (χ3n) is 6.85. The van der Waals surface area contributed by atoms with E-state index in [0.717, 1.165) is 30.0 Å². The standard InChI is InChI=1S/C36H43NO5/c1-6-19-36(34(38)40-7-2,35(39)41-8-3)20-9-10-29-15-17-33(18-16-29)42-26-31-13-11-30(12-14-31)24-37-25-32-22-27(4)21-28(5)23-32/h6,9-18,21-23,37H,1,7-8,19-20,24-26H2,2-5H3/b10-9+. The molecule has 3 aromatic rings. The van der Waals surface area contributed by atoms with Gasteiger partial charge in [0.2, 0.25) is 0 Å². The summed E-state index contributed by atoms with van der Waals surface area (Å²) in [6, 6.07) is 22.7. The summed E-state index contributed by atoms with van der Waals surface area (Å²) in [5.74, 6) is -0.442. The molecule has 222 valence electrons. The Hall–Kier alpha value is -4.16. The molecule has 0 saturated carbocycles. The molecular weight excluding hydrogens is 526 g/mol. The number of allylic oxidation sites excluding steroid dienone is 2. The van der Waals surface area contributed by atoms with Gasteiger partial charge in [-0.3, -0.25) is 9.59 Å². The average molecular weight is 570 g/mol. The molecule has 1 N–H and O–H groups in total. The first-order valence-corrected chi connectivity index (χ1v) is 14.5. The van der Waals surface area contributed by atoms with Crippen LogP contribution in [0.2, 0.25) is 0 Å². The summed E-state index contributed by atoms with van der Waals surface area (Å²) >= 11 is 0. The van der Waals surface area contributed by atoms with Crippen molar-refractivity contribution in [2.24, 2.45) is 5.41 Å². The van der Waals surface area contributed by atoms with Crippen LogP contribution >= 0.6 is 0 Å². The Balaban J connectivity index is 1.52. The third-order valence-corrected chi connectivity index (χ3v) is 6.85. The lowest BCUT2D eigenvalue weighted by Gasteiger charge is -2.26. The fraction of sp³-hybridized carbons (Fsp3) is 0.333. The molecule has 0 aliphatic heterocycles. The molecule has 0 aliphatic carbocycles. The highest BCUT2D eigenvalue weighted by Crippen LogP contribution is 2.32. The Kier molecular flexibility index (Phi) is 12.6. The van der Waals surface area contributed by atoms with E-state index in [2.05, 4.69) is 68.2 Å². The van der Waals surface area contributed by atoms with Gasteiger partial charge in [0, 0.05) is 13.1 Å². The molecule has 0 saturated heterocycles. The first kappa shape index (κ1) is 32.4. The quantitative estimate of drug-likeness (QED) is 0.111. The highest BCUT2D eigenvalue weighted by atomic mass is 16.6. The molecule has 42 heavy (non-hydrogen) atoms. The molecule has 3 aromatic carbocycles. The number of aryl methyl sites for hydroxylation is 2. The fourth-order valence-corrected chi connectivity index (χ4v) is 4.80. The maximum atomic E-state index is 12.8. The van der Waals surface area contributed by atoms with Crippen LogP contribution in [0.15, 0.2) is 85.5 Å². The lowest BCUT2D eigenvalue weighted by atomic mass is 9.80. The second-order valence-corrected chi connectivity index (χ2v) is 10.4. The van der Waals surface area contributed by atoms with E-state index in [1.54, 1.807) is 26.0 Å². The largest absolute Gasteiger partial charge is 0.489 e. The molecule has 0 heterocycles. The van der Waals surface area contributed by atoms with Gasteiger partial charge in [0.15, 0.2) is 5.41 Å². The Bertz CT molecular complexity index is 1300. The summed E-state index contributed by atoms with van der Waals surface area (Å²) in [6.07, 6.45) is 5.49. The number of carbonyl (C=O) groups is 2. The van der Waals surface area contributed by atoms with E-state index in [1.165, 1.54) is 22.3 Å². The van der Waals surface area contributed by atoms with Gasteiger partial charge in [0.25, 0.3) is 0 Å². The number of hydrogen-bond donors (Lipinski definition) is 1. The fourth-order valence-electron chi connectivity index (χ4n) is 4.80. The van der Waals surface area contributed by atoms with Gasteiger partial charge in [-0.1, -0.05) is 84.0 Å². The van der Waals surface area contributed by atoms with Crippen molar-refractivity contribution in [2.75, 3.05) is 13.2 Å². The van der Waals surface area contributed by atoms with E-state index in [9.17, 15) is 9.59 Å². The van der Waals surface area contributed by atoms with E-state index in [-0.39, 0.29) is 26.1 Å². The van der Waals surface area contributed by atoms with Crippen molar-refractivity contribution in [3.8, 4) is 5.75 Å². The number of hydrogen-bond acceptors (Lipinski definition) is 6. The molecule has 3 rings (SSSR count). The molecule has 6 heteroatoms. The summed E-state index contributed by atoms with van der Waals surface area (Å²) in [5, 5.41) is 3.52. The van der Waals surface area contributed by atoms with Gasteiger partial charge in [0.05, 0.1) is 13.2 Å². The second kappa shape index (κ2) is 16.3. The maximum absolute atomic E-state index is 12.8. The number of carbonyl (C=O) groups excluding carboxylic acids is 2. The molecule has 0 radical (unpaired) electrons. The van der Waals surface area contributed by atoms with Crippen molar-refractivity contribution >= 4 is 18.0 Å². The molecule has 0 aromatic heterocycles. The lowest BCUT2D eigenvalue weighted by Crippen LogP contribution is -2.41. The van der Waals surface area contributed by atoms with Crippen molar-refractivity contribution in [3.63, 3.8) is 0 Å². The Morgan fingerprint density at radius 2 is 1.36 bits per heavy atom. The molecule has 0 bridgehead atoms. The Morgan fingerprint density at radius 3 is 1.93 bits per heavy atom. The van der Waals surface area contributed by atoms with Crippen molar-refractivity contribution < 1.29 is 23.8 Å². The molecule has 0 aliphatic rings. The summed E-state index contributed by atoms with van der Waals surface area (Å²) in [7, 11) is 0. The van der Waals surface area contributed by atoms with E-state index in [0.29, 0.717) is 6.61 Å². The molecule has 0 spiro atoms. The number of rotatable bonds is 16. The maximum Gasteiger partial charge on any atom is 0.324 e. The first-order chi connectivity index (χ1) is 20.3. The number of esters is 2. The van der Waals surface area contributed by atoms with Gasteiger partial charge < -0.3 is 19.5 Å². The zero-order valence-electron chi connectivity index (χ0n) is 25.3. The number of ether oxygens (including phenoxy) is 3. The predicted octanol–water partition coefficient (Wildman–Crippen LogP) is 7.26. The van der Waals surface area contributed by atoms with Crippen LogP contribution in [0.4, 0.5) is 0 Å². The zero-order chi connectivity index (χ0) is 30.4. The third kappa shape index (κ3) is 9.45. The van der Waals surface area contributed by atoms with Crippen molar-refractivity contribution in [2.45, 2.75) is 60.2 Å². The highest BCUT2D eigenvalue weighted by Gasteiger charge is 2.46. The van der Waals surface area contributed by atoms with Crippen LogP contribution < -0.4 is 10.1 Å². The van der Waals surface area contributed by atoms with Crippen LogP contribution in [0.3, 0.4) is 0 Å². The van der Waals surface area contributed by atoms with Crippen LogP contribution in [-0.2, 0) is 38.8 Å². The predicted molar refractivity (Wildman–Crippen MR) is 168 cm³/mol. The minimum absolute atomic E-state index is 0.131. The van der Waals surface area contributed by atoms with Crippen LogP contribution in [0.5, 0.6) is 5.75 Å². The van der Waals surface area contributed by atoms with Gasteiger partial charge in [-0.15, -0.1) is 6.58 Å². The van der Waals surface area contributed by atoms with Gasteiger partial charge >= 0.3 is 11.9 Å². The minimum atomic E-state index is -1.45. The lowest BCUT2D eigenvalue weighted by molar-refractivity contribution is -0.171. The zero-order valence-corrected chi connectivity index (χ0v) is 25.3. The molecular formula is C36H43NO5. The number of nitrogens with one attached hydrogen (secondary N) is 1. The van der Waals surface area contributed by atoms with Crippen molar-refractivity contribution in [3.05, 3.63) is 119 Å². The smallest absolute Gasteiger partial charge is 0.324 e. The van der Waals surface area contributed by atoms with Gasteiger partial charge in [-0.05, 0) is 74.9 Å².